The van der Waals surface area contributed by atoms with Crippen molar-refractivity contribution in [1.29, 1.82) is 0 Å². The van der Waals surface area contributed by atoms with Crippen LogP contribution in [-0.2, 0) is 5.41 Å². The van der Waals surface area contributed by atoms with Gasteiger partial charge in [0.1, 0.15) is 11.2 Å². The molecule has 1 heterocycles. The van der Waals surface area contributed by atoms with Crippen molar-refractivity contribution in [3.63, 3.8) is 0 Å². The van der Waals surface area contributed by atoms with E-state index in [2.05, 4.69) is 217 Å². The number of rotatable bonds is 4. The molecule has 2 heteroatoms. The zero-order chi connectivity index (χ0) is 41.2. The Bertz CT molecular complexity index is 3760. The average Bonchev–Trinajstić information content (AvgIpc) is 3.98. The molecule has 2 nitrogen and oxygen atoms in total. The van der Waals surface area contributed by atoms with Crippen LogP contribution < -0.4 is 4.90 Å². The normalized spacial score (nSPS) is 13.2. The Morgan fingerprint density at radius 1 is 0.302 bits per heavy atom. The first-order chi connectivity index (χ1) is 31.3. The van der Waals surface area contributed by atoms with Crippen molar-refractivity contribution < 1.29 is 4.42 Å². The van der Waals surface area contributed by atoms with E-state index in [4.69, 9.17) is 4.42 Å². The van der Waals surface area contributed by atoms with Gasteiger partial charge in [-0.3, -0.25) is 0 Å². The Kier molecular flexibility index (Phi) is 7.07. The first-order valence-electron chi connectivity index (χ1n) is 21.8. The summed E-state index contributed by atoms with van der Waals surface area (Å²) in [4.78, 5) is 2.50. The predicted molar refractivity (Wildman–Crippen MR) is 263 cm³/mol. The number of anilines is 3. The van der Waals surface area contributed by atoms with E-state index in [-0.39, 0.29) is 0 Å². The second kappa shape index (κ2) is 12.9. The van der Waals surface area contributed by atoms with Gasteiger partial charge in [0.15, 0.2) is 0 Å². The molecule has 63 heavy (non-hydrogen) atoms. The van der Waals surface area contributed by atoms with E-state index in [1.54, 1.807) is 0 Å². The number of benzene rings is 11. The van der Waals surface area contributed by atoms with Crippen molar-refractivity contribution in [3.05, 3.63) is 247 Å². The lowest BCUT2D eigenvalue weighted by molar-refractivity contribution is 0.669. The molecule has 1 aromatic heterocycles. The van der Waals surface area contributed by atoms with Crippen molar-refractivity contribution in [1.82, 2.24) is 0 Å². The van der Waals surface area contributed by atoms with Crippen molar-refractivity contribution in [2.24, 2.45) is 0 Å². The maximum Gasteiger partial charge on any atom is 0.136 e. The summed E-state index contributed by atoms with van der Waals surface area (Å²) in [6, 6.07) is 83.0. The third-order valence-electron chi connectivity index (χ3n) is 14.1. The van der Waals surface area contributed by atoms with Gasteiger partial charge in [-0.1, -0.05) is 176 Å². The topological polar surface area (TPSA) is 16.4 Å². The van der Waals surface area contributed by atoms with Crippen LogP contribution in [0.4, 0.5) is 17.1 Å². The lowest BCUT2D eigenvalue weighted by Gasteiger charge is -2.32. The summed E-state index contributed by atoms with van der Waals surface area (Å²) in [5, 5.41) is 9.78. The number of fused-ring (bicyclic) bond motifs is 19. The molecule has 1 spiro atoms. The summed E-state index contributed by atoms with van der Waals surface area (Å²) in [7, 11) is 0. The summed E-state index contributed by atoms with van der Waals surface area (Å²) in [6.07, 6.45) is 0. The van der Waals surface area contributed by atoms with Gasteiger partial charge in [0.25, 0.3) is 0 Å². The molecule has 0 radical (unpaired) electrons. The Labute approximate surface area is 364 Å². The third-order valence-corrected chi connectivity index (χ3v) is 14.1. The molecule has 0 saturated heterocycles. The molecule has 0 saturated carbocycles. The molecule has 0 bridgehead atoms. The molecule has 2 aliphatic rings. The SMILES string of the molecule is c1ccc2c(c1)-c1ccccc1C21c2ccccc2-c2ccc(N(c3ccc(-c4ccc5c(c4)oc4ccccc45)cc3)c3cccc4c5ccccc5c5ccccc5c34)cc21. The van der Waals surface area contributed by atoms with E-state index < -0.39 is 5.41 Å². The molecule has 292 valence electrons. The molecule has 0 atom stereocenters. The molecular formula is C61H37NO. The van der Waals surface area contributed by atoms with E-state index in [0.29, 0.717) is 0 Å². The fourth-order valence-electron chi connectivity index (χ4n) is 11.5. The van der Waals surface area contributed by atoms with Gasteiger partial charge in [-0.05, 0) is 131 Å². The molecule has 0 N–H and O–H groups in total. The number of hydrogen-bond acceptors (Lipinski definition) is 2. The summed E-state index contributed by atoms with van der Waals surface area (Å²) < 4.78 is 6.33. The Morgan fingerprint density at radius 3 is 1.43 bits per heavy atom. The number of para-hydroxylation sites is 1. The van der Waals surface area contributed by atoms with Crippen LogP contribution in [0.2, 0.25) is 0 Å². The average molecular weight is 800 g/mol. The summed E-state index contributed by atoms with van der Waals surface area (Å²) in [6.45, 7) is 0. The minimum absolute atomic E-state index is 0.457. The lowest BCUT2D eigenvalue weighted by Crippen LogP contribution is -2.26. The van der Waals surface area contributed by atoms with Crippen LogP contribution in [-0.4, -0.2) is 0 Å². The van der Waals surface area contributed by atoms with Crippen LogP contribution in [0, 0.1) is 0 Å². The minimum Gasteiger partial charge on any atom is -0.456 e. The number of hydrogen-bond donors (Lipinski definition) is 0. The number of nitrogens with zero attached hydrogens (tertiary/aromatic N) is 1. The molecule has 0 aliphatic heterocycles. The second-order valence-corrected chi connectivity index (χ2v) is 17.1. The zero-order valence-corrected chi connectivity index (χ0v) is 34.2. The van der Waals surface area contributed by atoms with Crippen LogP contribution in [0.5, 0.6) is 0 Å². The highest BCUT2D eigenvalue weighted by Crippen LogP contribution is 2.63. The molecule has 14 rings (SSSR count). The van der Waals surface area contributed by atoms with Gasteiger partial charge in [-0.25, -0.2) is 0 Å². The zero-order valence-electron chi connectivity index (χ0n) is 34.2. The predicted octanol–water partition coefficient (Wildman–Crippen LogP) is 16.5. The van der Waals surface area contributed by atoms with Gasteiger partial charge in [0, 0.05) is 27.5 Å². The molecule has 2 aliphatic carbocycles. The van der Waals surface area contributed by atoms with Crippen LogP contribution in [0.3, 0.4) is 0 Å². The lowest BCUT2D eigenvalue weighted by atomic mass is 9.70. The highest BCUT2D eigenvalue weighted by Gasteiger charge is 2.51. The molecular weight excluding hydrogens is 763 g/mol. The fourth-order valence-corrected chi connectivity index (χ4v) is 11.5. The van der Waals surface area contributed by atoms with Crippen LogP contribution in [0.1, 0.15) is 22.3 Å². The highest BCUT2D eigenvalue weighted by molar-refractivity contribution is 6.28. The molecule has 0 amide bonds. The van der Waals surface area contributed by atoms with Gasteiger partial charge in [0.2, 0.25) is 0 Å². The van der Waals surface area contributed by atoms with Crippen LogP contribution in [0.15, 0.2) is 229 Å². The molecule has 0 unspecified atom stereocenters. The number of furan rings is 1. The van der Waals surface area contributed by atoms with E-state index in [1.165, 1.54) is 76.8 Å². The van der Waals surface area contributed by atoms with Crippen LogP contribution >= 0.6 is 0 Å². The molecule has 12 aromatic rings. The van der Waals surface area contributed by atoms with E-state index in [1.807, 2.05) is 12.1 Å². The Hall–Kier alpha value is -8.20. The second-order valence-electron chi connectivity index (χ2n) is 17.1. The summed E-state index contributed by atoms with van der Waals surface area (Å²) in [5.41, 5.74) is 17.5. The molecule has 11 aromatic carbocycles. The summed E-state index contributed by atoms with van der Waals surface area (Å²) in [5.74, 6) is 0. The molecule has 0 fully saturated rings. The largest absolute Gasteiger partial charge is 0.456 e. The minimum atomic E-state index is -0.457. The quantitative estimate of drug-likeness (QED) is 0.165. The van der Waals surface area contributed by atoms with E-state index in [0.717, 1.165) is 50.1 Å². The van der Waals surface area contributed by atoms with Gasteiger partial charge >= 0.3 is 0 Å². The first-order valence-corrected chi connectivity index (χ1v) is 21.8. The van der Waals surface area contributed by atoms with Gasteiger partial charge in [0.05, 0.1) is 11.1 Å². The van der Waals surface area contributed by atoms with E-state index in [9.17, 15) is 0 Å². The first kappa shape index (κ1) is 34.5. The van der Waals surface area contributed by atoms with Crippen molar-refractivity contribution in [3.8, 4) is 33.4 Å². The van der Waals surface area contributed by atoms with Crippen molar-refractivity contribution in [2.75, 3.05) is 4.90 Å². The Balaban J connectivity index is 1.03. The van der Waals surface area contributed by atoms with Gasteiger partial charge < -0.3 is 9.32 Å². The van der Waals surface area contributed by atoms with Gasteiger partial charge in [-0.2, -0.15) is 0 Å². The standard InChI is InChI=1S/C61H37NO/c1-2-15-44-42(14-1)43-16-3-4-21-51(43)60-52(44)22-13-26-57(60)62(40-31-28-38(29-32-40)39-30-34-50-49-20-8-12-27-58(49)63-59(50)36-39)41-33-35-48-47-19-7-11-25-55(47)61(56(48)37-41)53-23-9-5-17-45(53)46-18-6-10-24-54(46)61/h1-37H. The monoisotopic (exact) mass is 799 g/mol. The van der Waals surface area contributed by atoms with Crippen LogP contribution in [0.25, 0.3) is 87.6 Å². The Morgan fingerprint density at radius 2 is 0.778 bits per heavy atom. The van der Waals surface area contributed by atoms with Crippen molar-refractivity contribution >= 4 is 71.3 Å². The highest BCUT2D eigenvalue weighted by atomic mass is 16.3. The third kappa shape index (κ3) is 4.67. The maximum absolute atomic E-state index is 6.33. The maximum atomic E-state index is 6.33. The van der Waals surface area contributed by atoms with Crippen molar-refractivity contribution in [2.45, 2.75) is 5.41 Å². The smallest absolute Gasteiger partial charge is 0.136 e. The fraction of sp³-hybridized carbons (Fsp3) is 0.0164. The van der Waals surface area contributed by atoms with Gasteiger partial charge in [-0.15, -0.1) is 0 Å². The summed E-state index contributed by atoms with van der Waals surface area (Å²) >= 11 is 0. The van der Waals surface area contributed by atoms with E-state index >= 15 is 0 Å².